The predicted octanol–water partition coefficient (Wildman–Crippen LogP) is 3.59. The number of ketones is 1. The molecule has 2 heterocycles. The average Bonchev–Trinajstić information content (AvgIpc) is 2.56. The summed E-state index contributed by atoms with van der Waals surface area (Å²) in [6.07, 6.45) is 2.84. The normalized spacial score (nSPS) is 11.4. The average molecular weight is 334 g/mol. The van der Waals surface area contributed by atoms with E-state index in [1.54, 1.807) is 32.2 Å². The van der Waals surface area contributed by atoms with E-state index in [1.807, 2.05) is 18.2 Å². The number of hydrogen-bond acceptors (Lipinski definition) is 6. The van der Waals surface area contributed by atoms with Crippen molar-refractivity contribution >= 4 is 13.4 Å². The maximum Gasteiger partial charge on any atom is 0.338 e. The molecule has 0 amide bonds. The Balaban J connectivity index is 2.12. The molecule has 0 unspecified atom stereocenters. The molecule has 2 aromatic heterocycles. The van der Waals surface area contributed by atoms with Gasteiger partial charge in [-0.1, -0.05) is 6.07 Å². The van der Waals surface area contributed by atoms with E-state index in [-0.39, 0.29) is 25.2 Å². The van der Waals surface area contributed by atoms with Crippen molar-refractivity contribution in [3.8, 4) is 11.4 Å². The van der Waals surface area contributed by atoms with E-state index in [0.29, 0.717) is 11.3 Å². The lowest BCUT2D eigenvalue weighted by Gasteiger charge is -2.16. The highest BCUT2D eigenvalue weighted by Crippen LogP contribution is 2.48. The smallest absolute Gasteiger partial charge is 0.309 e. The first kappa shape index (κ1) is 17.5. The molecule has 23 heavy (non-hydrogen) atoms. The molecule has 0 radical (unpaired) electrons. The lowest BCUT2D eigenvalue weighted by atomic mass is 10.1. The zero-order valence-corrected chi connectivity index (χ0v) is 14.0. The molecule has 0 bridgehead atoms. The van der Waals surface area contributed by atoms with Gasteiger partial charge in [-0.2, -0.15) is 0 Å². The molecule has 0 aromatic carbocycles. The van der Waals surface area contributed by atoms with Crippen LogP contribution >= 0.6 is 7.60 Å². The Bertz CT molecular complexity index is 679. The van der Waals surface area contributed by atoms with Gasteiger partial charge < -0.3 is 9.05 Å². The van der Waals surface area contributed by atoms with Crippen molar-refractivity contribution in [3.05, 3.63) is 48.3 Å². The van der Waals surface area contributed by atoms with E-state index in [4.69, 9.17) is 9.05 Å². The maximum absolute atomic E-state index is 12.4. The topological polar surface area (TPSA) is 78.4 Å². The standard InChI is InChI=1S/C16H19N2O4P/c1-3-21-23(20,22-4-2)12-16(19)13-8-9-15(18-11-13)14-7-5-6-10-17-14/h5-11H,3-4,12H2,1-2H3. The van der Waals surface area contributed by atoms with E-state index in [1.165, 1.54) is 6.20 Å². The number of aromatic nitrogens is 2. The minimum atomic E-state index is -3.40. The zero-order valence-electron chi connectivity index (χ0n) is 13.1. The van der Waals surface area contributed by atoms with Crippen LogP contribution in [0.5, 0.6) is 0 Å². The number of carbonyl (C=O) groups excluding carboxylic acids is 1. The third-order valence-corrected chi connectivity index (χ3v) is 4.98. The molecule has 122 valence electrons. The Morgan fingerprint density at radius 2 is 1.74 bits per heavy atom. The Kier molecular flexibility index (Phi) is 6.16. The fourth-order valence-electron chi connectivity index (χ4n) is 2.01. The van der Waals surface area contributed by atoms with E-state index >= 15 is 0 Å². The van der Waals surface area contributed by atoms with Gasteiger partial charge in [-0.15, -0.1) is 0 Å². The van der Waals surface area contributed by atoms with Crippen LogP contribution in [-0.4, -0.2) is 35.1 Å². The molecule has 0 aliphatic rings. The molecule has 7 heteroatoms. The highest BCUT2D eigenvalue weighted by Gasteiger charge is 2.28. The molecule has 0 fully saturated rings. The third-order valence-electron chi connectivity index (χ3n) is 3.00. The van der Waals surface area contributed by atoms with Gasteiger partial charge in [0, 0.05) is 18.0 Å². The summed E-state index contributed by atoms with van der Waals surface area (Å²) in [5, 5.41) is 0. The summed E-state index contributed by atoms with van der Waals surface area (Å²) >= 11 is 0. The summed E-state index contributed by atoms with van der Waals surface area (Å²) in [5.41, 5.74) is 1.75. The van der Waals surface area contributed by atoms with Crippen molar-refractivity contribution in [3.63, 3.8) is 0 Å². The van der Waals surface area contributed by atoms with Crippen molar-refractivity contribution in [2.45, 2.75) is 13.8 Å². The summed E-state index contributed by atoms with van der Waals surface area (Å²) in [5.74, 6) is -0.324. The highest BCUT2D eigenvalue weighted by atomic mass is 31.2. The summed E-state index contributed by atoms with van der Waals surface area (Å²) in [7, 11) is -3.40. The van der Waals surface area contributed by atoms with Gasteiger partial charge in [-0.05, 0) is 38.1 Å². The summed E-state index contributed by atoms with van der Waals surface area (Å²) in [6.45, 7) is 3.86. The first-order valence-electron chi connectivity index (χ1n) is 7.36. The second-order valence-corrected chi connectivity index (χ2v) is 6.73. The molecule has 0 saturated heterocycles. The number of hydrogen-bond donors (Lipinski definition) is 0. The van der Waals surface area contributed by atoms with Gasteiger partial charge in [0.1, 0.15) is 6.16 Å². The van der Waals surface area contributed by atoms with Gasteiger partial charge in [0.15, 0.2) is 5.78 Å². The van der Waals surface area contributed by atoms with Crippen molar-refractivity contribution in [1.82, 2.24) is 9.97 Å². The van der Waals surface area contributed by atoms with Crippen LogP contribution in [0.4, 0.5) is 0 Å². The van der Waals surface area contributed by atoms with Crippen LogP contribution in [-0.2, 0) is 13.6 Å². The van der Waals surface area contributed by atoms with Gasteiger partial charge in [-0.3, -0.25) is 19.3 Å². The van der Waals surface area contributed by atoms with Crippen LogP contribution in [0.2, 0.25) is 0 Å². The van der Waals surface area contributed by atoms with Gasteiger partial charge in [0.05, 0.1) is 24.6 Å². The van der Waals surface area contributed by atoms with Crippen molar-refractivity contribution in [2.24, 2.45) is 0 Å². The second-order valence-electron chi connectivity index (χ2n) is 4.67. The third kappa shape index (κ3) is 4.79. The molecule has 2 rings (SSSR count). The number of carbonyl (C=O) groups is 1. The highest BCUT2D eigenvalue weighted by molar-refractivity contribution is 7.54. The molecular weight excluding hydrogens is 315 g/mol. The maximum atomic E-state index is 12.4. The van der Waals surface area contributed by atoms with Crippen LogP contribution in [0, 0.1) is 0 Å². The molecular formula is C16H19N2O4P. The van der Waals surface area contributed by atoms with Crippen molar-refractivity contribution in [1.29, 1.82) is 0 Å². The van der Waals surface area contributed by atoms with Gasteiger partial charge in [0.25, 0.3) is 0 Å². The molecule has 6 nitrogen and oxygen atoms in total. The Morgan fingerprint density at radius 1 is 1.04 bits per heavy atom. The fourth-order valence-corrected chi connectivity index (χ4v) is 3.59. The number of rotatable bonds is 8. The Hall–Kier alpha value is -1.88. The Morgan fingerprint density at radius 3 is 2.26 bits per heavy atom. The SMILES string of the molecule is CCOP(=O)(CC(=O)c1ccc(-c2ccccn2)nc1)OCC. The monoisotopic (exact) mass is 334 g/mol. The van der Waals surface area contributed by atoms with E-state index in [0.717, 1.165) is 5.69 Å². The summed E-state index contributed by atoms with van der Waals surface area (Å²) < 4.78 is 22.7. The lowest BCUT2D eigenvalue weighted by molar-refractivity contribution is 0.100. The van der Waals surface area contributed by atoms with Crippen molar-refractivity contribution in [2.75, 3.05) is 19.4 Å². The minimum absolute atomic E-state index is 0.224. The first-order valence-corrected chi connectivity index (χ1v) is 9.09. The van der Waals surface area contributed by atoms with Crippen molar-refractivity contribution < 1.29 is 18.4 Å². The first-order chi connectivity index (χ1) is 11.1. The predicted molar refractivity (Wildman–Crippen MR) is 87.5 cm³/mol. The van der Waals surface area contributed by atoms with Crippen LogP contribution in [0.15, 0.2) is 42.7 Å². The summed E-state index contributed by atoms with van der Waals surface area (Å²) in [4.78, 5) is 20.7. The molecule has 0 spiro atoms. The Labute approximate surface area is 135 Å². The number of nitrogens with zero attached hydrogens (tertiary/aromatic N) is 2. The lowest BCUT2D eigenvalue weighted by Crippen LogP contribution is -2.10. The van der Waals surface area contributed by atoms with Crippen LogP contribution in [0.25, 0.3) is 11.4 Å². The van der Waals surface area contributed by atoms with Crippen LogP contribution in [0.3, 0.4) is 0 Å². The van der Waals surface area contributed by atoms with E-state index < -0.39 is 7.60 Å². The minimum Gasteiger partial charge on any atom is -0.309 e. The largest absolute Gasteiger partial charge is 0.338 e. The molecule has 0 N–H and O–H groups in total. The number of pyridine rings is 2. The molecule has 0 atom stereocenters. The van der Waals surface area contributed by atoms with Gasteiger partial charge in [-0.25, -0.2) is 0 Å². The second kappa shape index (κ2) is 8.11. The van der Waals surface area contributed by atoms with E-state index in [2.05, 4.69) is 9.97 Å². The van der Waals surface area contributed by atoms with Gasteiger partial charge in [0.2, 0.25) is 0 Å². The zero-order chi connectivity index (χ0) is 16.7. The summed E-state index contributed by atoms with van der Waals surface area (Å²) in [6, 6.07) is 8.87. The van der Waals surface area contributed by atoms with E-state index in [9.17, 15) is 9.36 Å². The molecule has 0 aliphatic carbocycles. The number of Topliss-reactive ketones (excluding diaryl/α,β-unsaturated/α-hetero) is 1. The molecule has 2 aromatic rings. The quantitative estimate of drug-likeness (QED) is 0.542. The fraction of sp³-hybridized carbons (Fsp3) is 0.312. The molecule has 0 aliphatic heterocycles. The van der Waals surface area contributed by atoms with Gasteiger partial charge >= 0.3 is 7.60 Å². The van der Waals surface area contributed by atoms with Crippen LogP contribution in [0.1, 0.15) is 24.2 Å². The molecule has 0 saturated carbocycles. The van der Waals surface area contributed by atoms with Crippen LogP contribution < -0.4 is 0 Å².